The first-order valence-corrected chi connectivity index (χ1v) is 3.90. The van der Waals surface area contributed by atoms with E-state index < -0.39 is 0 Å². The first-order valence-electron chi connectivity index (χ1n) is 3.38. The molecule has 1 aliphatic carbocycles. The van der Waals surface area contributed by atoms with E-state index in [1.165, 1.54) is 12.8 Å². The molecule has 0 radical (unpaired) electrons. The van der Waals surface area contributed by atoms with E-state index in [1.807, 2.05) is 0 Å². The largest absolute Gasteiger partial charge is 0.176 e. The smallest absolute Gasteiger partial charge is 0.00450 e. The number of hydrogen-bond donors (Lipinski definition) is 1. The van der Waals surface area contributed by atoms with Crippen molar-refractivity contribution in [2.45, 2.75) is 31.9 Å². The quantitative estimate of drug-likeness (QED) is 0.478. The molecule has 1 heteroatoms. The third-order valence-electron chi connectivity index (χ3n) is 2.07. The van der Waals surface area contributed by atoms with E-state index in [0.717, 1.165) is 11.8 Å². The predicted molar refractivity (Wildman–Crippen MR) is 40.3 cm³/mol. The molecule has 0 aromatic carbocycles. The summed E-state index contributed by atoms with van der Waals surface area (Å²) in [5.74, 6) is 1.78. The Balaban J connectivity index is 2.39. The Morgan fingerprint density at radius 1 is 1.25 bits per heavy atom. The first kappa shape index (κ1) is 6.47. The van der Waals surface area contributed by atoms with Gasteiger partial charge >= 0.3 is 0 Å². The summed E-state index contributed by atoms with van der Waals surface area (Å²) in [6, 6.07) is 0. The molecule has 48 valence electrons. The lowest BCUT2D eigenvalue weighted by Gasteiger charge is -2.04. The van der Waals surface area contributed by atoms with Crippen LogP contribution in [-0.2, 0) is 0 Å². The van der Waals surface area contributed by atoms with Crippen molar-refractivity contribution in [2.24, 2.45) is 11.8 Å². The molecule has 1 saturated carbocycles. The van der Waals surface area contributed by atoms with Crippen LogP contribution in [0, 0.1) is 11.8 Å². The highest BCUT2D eigenvalue weighted by Gasteiger charge is 2.25. The topological polar surface area (TPSA) is 0 Å². The van der Waals surface area contributed by atoms with Crippen molar-refractivity contribution in [1.29, 1.82) is 0 Å². The Morgan fingerprint density at radius 3 is 2.00 bits per heavy atom. The minimum Gasteiger partial charge on any atom is -0.176 e. The highest BCUT2D eigenvalue weighted by molar-refractivity contribution is 7.81. The van der Waals surface area contributed by atoms with Crippen LogP contribution in [0.5, 0.6) is 0 Å². The maximum atomic E-state index is 4.45. The Hall–Kier alpha value is 0.350. The summed E-state index contributed by atoms with van der Waals surface area (Å²) in [5, 5.41) is 0.685. The Kier molecular flexibility index (Phi) is 1.86. The van der Waals surface area contributed by atoms with Gasteiger partial charge in [0.05, 0.1) is 0 Å². The molecule has 3 atom stereocenters. The maximum Gasteiger partial charge on any atom is 0.00450 e. The van der Waals surface area contributed by atoms with Crippen LogP contribution >= 0.6 is 12.6 Å². The molecule has 0 aromatic heterocycles. The molecule has 0 amide bonds. The number of rotatable bonds is 0. The predicted octanol–water partition coefficient (Wildman–Crippen LogP) is 2.35. The summed E-state index contributed by atoms with van der Waals surface area (Å²) < 4.78 is 0. The van der Waals surface area contributed by atoms with Crippen LogP contribution in [0.15, 0.2) is 0 Å². The normalized spacial score (nSPS) is 47.6. The molecule has 0 bridgehead atoms. The van der Waals surface area contributed by atoms with Crippen LogP contribution in [0.1, 0.15) is 26.7 Å². The van der Waals surface area contributed by atoms with E-state index in [0.29, 0.717) is 5.25 Å². The van der Waals surface area contributed by atoms with E-state index in [4.69, 9.17) is 0 Å². The average Bonchev–Trinajstić information content (AvgIpc) is 1.85. The summed E-state index contributed by atoms with van der Waals surface area (Å²) in [5.41, 5.74) is 0. The molecule has 1 rings (SSSR count). The monoisotopic (exact) mass is 130 g/mol. The van der Waals surface area contributed by atoms with E-state index in [-0.39, 0.29) is 0 Å². The van der Waals surface area contributed by atoms with Gasteiger partial charge in [0.15, 0.2) is 0 Å². The van der Waals surface area contributed by atoms with Gasteiger partial charge in [-0.2, -0.15) is 12.6 Å². The van der Waals surface area contributed by atoms with Crippen molar-refractivity contribution in [2.75, 3.05) is 0 Å². The molecule has 0 aliphatic heterocycles. The standard InChI is InChI=1S/C7H14S/c1-5-3-6(2)7(8)4-5/h5-8H,3-4H2,1-2H3. The molecule has 1 aliphatic rings. The number of hydrogen-bond acceptors (Lipinski definition) is 1. The van der Waals surface area contributed by atoms with Crippen LogP contribution in [-0.4, -0.2) is 5.25 Å². The lowest BCUT2D eigenvalue weighted by Crippen LogP contribution is -1.99. The van der Waals surface area contributed by atoms with Crippen molar-refractivity contribution in [3.05, 3.63) is 0 Å². The minimum absolute atomic E-state index is 0.685. The van der Waals surface area contributed by atoms with E-state index in [2.05, 4.69) is 26.5 Å². The van der Waals surface area contributed by atoms with Gasteiger partial charge in [0.2, 0.25) is 0 Å². The summed E-state index contributed by atoms with van der Waals surface area (Å²) in [7, 11) is 0. The fourth-order valence-electron chi connectivity index (χ4n) is 1.53. The van der Waals surface area contributed by atoms with Gasteiger partial charge in [-0.1, -0.05) is 13.8 Å². The summed E-state index contributed by atoms with van der Waals surface area (Å²) in [6.07, 6.45) is 2.71. The zero-order valence-corrected chi connectivity index (χ0v) is 6.49. The van der Waals surface area contributed by atoms with Crippen molar-refractivity contribution in [1.82, 2.24) is 0 Å². The molecule has 0 saturated heterocycles. The van der Waals surface area contributed by atoms with Gasteiger partial charge in [-0.25, -0.2) is 0 Å². The highest BCUT2D eigenvalue weighted by atomic mass is 32.1. The summed E-state index contributed by atoms with van der Waals surface area (Å²) in [4.78, 5) is 0. The van der Waals surface area contributed by atoms with Crippen LogP contribution in [0.25, 0.3) is 0 Å². The van der Waals surface area contributed by atoms with Crippen LogP contribution in [0.2, 0.25) is 0 Å². The minimum atomic E-state index is 0.685. The van der Waals surface area contributed by atoms with Gasteiger partial charge < -0.3 is 0 Å². The van der Waals surface area contributed by atoms with E-state index >= 15 is 0 Å². The maximum absolute atomic E-state index is 4.45. The molecule has 0 aromatic rings. The third-order valence-corrected chi connectivity index (χ3v) is 2.79. The fraction of sp³-hybridized carbons (Fsp3) is 1.00. The second-order valence-corrected chi connectivity index (χ2v) is 3.78. The van der Waals surface area contributed by atoms with Crippen LogP contribution in [0.3, 0.4) is 0 Å². The van der Waals surface area contributed by atoms with Crippen molar-refractivity contribution >= 4 is 12.6 Å². The third kappa shape index (κ3) is 1.19. The van der Waals surface area contributed by atoms with Gasteiger partial charge in [0, 0.05) is 5.25 Å². The van der Waals surface area contributed by atoms with Crippen LogP contribution < -0.4 is 0 Å². The molecule has 0 N–H and O–H groups in total. The zero-order valence-electron chi connectivity index (χ0n) is 5.59. The summed E-state index contributed by atoms with van der Waals surface area (Å²) in [6.45, 7) is 4.61. The molecule has 0 nitrogen and oxygen atoms in total. The molecule has 0 heterocycles. The Morgan fingerprint density at radius 2 is 1.88 bits per heavy atom. The van der Waals surface area contributed by atoms with Crippen LogP contribution in [0.4, 0.5) is 0 Å². The highest BCUT2D eigenvalue weighted by Crippen LogP contribution is 2.33. The SMILES string of the molecule is CC1CC(C)C(S)C1. The Bertz CT molecular complexity index is 70.5. The zero-order chi connectivity index (χ0) is 6.15. The second kappa shape index (κ2) is 2.30. The summed E-state index contributed by atoms with van der Waals surface area (Å²) >= 11 is 4.45. The Labute approximate surface area is 57.1 Å². The molecular formula is C7H14S. The second-order valence-electron chi connectivity index (χ2n) is 3.12. The average molecular weight is 130 g/mol. The van der Waals surface area contributed by atoms with E-state index in [1.54, 1.807) is 0 Å². The lowest BCUT2D eigenvalue weighted by molar-refractivity contribution is 0.558. The van der Waals surface area contributed by atoms with E-state index in [9.17, 15) is 0 Å². The molecule has 1 fully saturated rings. The lowest BCUT2D eigenvalue weighted by atomic mass is 10.1. The molecule has 8 heavy (non-hydrogen) atoms. The number of thiol groups is 1. The van der Waals surface area contributed by atoms with Gasteiger partial charge in [0.25, 0.3) is 0 Å². The molecule has 0 spiro atoms. The molecule has 3 unspecified atom stereocenters. The fourth-order valence-corrected chi connectivity index (χ4v) is 2.01. The van der Waals surface area contributed by atoms with Crippen molar-refractivity contribution < 1.29 is 0 Å². The van der Waals surface area contributed by atoms with Gasteiger partial charge in [-0.05, 0) is 24.7 Å². The molecular weight excluding hydrogens is 116 g/mol. The van der Waals surface area contributed by atoms with Gasteiger partial charge in [-0.15, -0.1) is 0 Å². The van der Waals surface area contributed by atoms with Gasteiger partial charge in [-0.3, -0.25) is 0 Å². The van der Waals surface area contributed by atoms with Crippen molar-refractivity contribution in [3.63, 3.8) is 0 Å². The first-order chi connectivity index (χ1) is 3.70. The van der Waals surface area contributed by atoms with Crippen molar-refractivity contribution in [3.8, 4) is 0 Å². The van der Waals surface area contributed by atoms with Gasteiger partial charge in [0.1, 0.15) is 0 Å².